The Morgan fingerprint density at radius 3 is 2.62 bits per heavy atom. The van der Waals surface area contributed by atoms with Gasteiger partial charge in [-0.15, -0.1) is 0 Å². The largest absolute Gasteiger partial charge is 0.356 e. The van der Waals surface area contributed by atoms with Gasteiger partial charge in [0.2, 0.25) is 0 Å². The molecule has 0 aliphatic rings. The highest BCUT2D eigenvalue weighted by Crippen LogP contribution is 2.22. The van der Waals surface area contributed by atoms with Crippen LogP contribution in [0.15, 0.2) is 16.7 Å². The highest BCUT2D eigenvalue weighted by molar-refractivity contribution is 5.81. The molecule has 0 fully saturated rings. The molecule has 2 heteroatoms. The van der Waals surface area contributed by atoms with E-state index in [-0.39, 0.29) is 0 Å². The van der Waals surface area contributed by atoms with Gasteiger partial charge in [0.05, 0.1) is 5.69 Å². The van der Waals surface area contributed by atoms with Crippen molar-refractivity contribution in [1.29, 1.82) is 0 Å². The van der Waals surface area contributed by atoms with E-state index in [9.17, 15) is 0 Å². The molecule has 0 spiro atoms. The van der Waals surface area contributed by atoms with Crippen LogP contribution in [0.2, 0.25) is 0 Å². The molecule has 2 aromatic rings. The zero-order chi connectivity index (χ0) is 9.42. The highest BCUT2D eigenvalue weighted by atomic mass is 16.5. The Morgan fingerprint density at radius 2 is 1.92 bits per heavy atom. The monoisotopic (exact) mass is 175 g/mol. The van der Waals surface area contributed by atoms with E-state index in [0.29, 0.717) is 0 Å². The molecule has 0 saturated carbocycles. The molecule has 0 aliphatic carbocycles. The molecule has 1 aromatic carbocycles. The van der Waals surface area contributed by atoms with Gasteiger partial charge < -0.3 is 4.52 Å². The quantitative estimate of drug-likeness (QED) is 0.665. The SMILES string of the molecule is CCc1noc2cc(C)c(C)cc12. The van der Waals surface area contributed by atoms with Crippen molar-refractivity contribution < 1.29 is 4.52 Å². The van der Waals surface area contributed by atoms with E-state index in [4.69, 9.17) is 4.52 Å². The molecular formula is C11H13NO. The lowest BCUT2D eigenvalue weighted by Crippen LogP contribution is -1.82. The van der Waals surface area contributed by atoms with E-state index in [1.165, 1.54) is 11.1 Å². The van der Waals surface area contributed by atoms with Crippen molar-refractivity contribution in [2.24, 2.45) is 0 Å². The Labute approximate surface area is 77.5 Å². The second kappa shape index (κ2) is 2.87. The van der Waals surface area contributed by atoms with Gasteiger partial charge in [-0.3, -0.25) is 0 Å². The van der Waals surface area contributed by atoms with Crippen LogP contribution in [0.25, 0.3) is 11.0 Å². The summed E-state index contributed by atoms with van der Waals surface area (Å²) in [5, 5.41) is 5.18. The number of rotatable bonds is 1. The van der Waals surface area contributed by atoms with E-state index in [1.807, 2.05) is 0 Å². The second-order valence-corrected chi connectivity index (χ2v) is 3.42. The molecule has 0 atom stereocenters. The predicted molar refractivity (Wildman–Crippen MR) is 52.9 cm³/mol. The molecule has 13 heavy (non-hydrogen) atoms. The van der Waals surface area contributed by atoms with Gasteiger partial charge in [-0.05, 0) is 43.5 Å². The smallest absolute Gasteiger partial charge is 0.167 e. The Kier molecular flexibility index (Phi) is 1.83. The van der Waals surface area contributed by atoms with Crippen molar-refractivity contribution >= 4 is 11.0 Å². The average Bonchev–Trinajstić information content (AvgIpc) is 2.48. The lowest BCUT2D eigenvalue weighted by Gasteiger charge is -1.97. The normalized spacial score (nSPS) is 11.0. The molecule has 2 nitrogen and oxygen atoms in total. The third-order valence-corrected chi connectivity index (χ3v) is 2.50. The van der Waals surface area contributed by atoms with Gasteiger partial charge in [-0.1, -0.05) is 12.1 Å². The first kappa shape index (κ1) is 8.30. The summed E-state index contributed by atoms with van der Waals surface area (Å²) in [6, 6.07) is 4.21. The third kappa shape index (κ3) is 1.22. The number of fused-ring (bicyclic) bond motifs is 1. The van der Waals surface area contributed by atoms with Gasteiger partial charge in [0.1, 0.15) is 0 Å². The van der Waals surface area contributed by atoms with Gasteiger partial charge in [0.25, 0.3) is 0 Å². The summed E-state index contributed by atoms with van der Waals surface area (Å²) in [7, 11) is 0. The van der Waals surface area contributed by atoms with Gasteiger partial charge in [-0.2, -0.15) is 0 Å². The molecule has 1 aromatic heterocycles. The van der Waals surface area contributed by atoms with Crippen LogP contribution < -0.4 is 0 Å². The van der Waals surface area contributed by atoms with E-state index >= 15 is 0 Å². The van der Waals surface area contributed by atoms with Crippen LogP contribution in [0.1, 0.15) is 23.7 Å². The molecule has 0 radical (unpaired) electrons. The fraction of sp³-hybridized carbons (Fsp3) is 0.364. The molecule has 0 N–H and O–H groups in total. The minimum absolute atomic E-state index is 0.903. The van der Waals surface area contributed by atoms with Crippen molar-refractivity contribution in [3.8, 4) is 0 Å². The second-order valence-electron chi connectivity index (χ2n) is 3.42. The van der Waals surface area contributed by atoms with Crippen molar-refractivity contribution in [2.75, 3.05) is 0 Å². The van der Waals surface area contributed by atoms with Crippen molar-refractivity contribution in [2.45, 2.75) is 27.2 Å². The lowest BCUT2D eigenvalue weighted by atomic mass is 10.1. The van der Waals surface area contributed by atoms with Crippen molar-refractivity contribution in [1.82, 2.24) is 5.16 Å². The molecule has 0 aliphatic heterocycles. The van der Waals surface area contributed by atoms with Gasteiger partial charge in [-0.25, -0.2) is 0 Å². The molecule has 0 bridgehead atoms. The average molecular weight is 175 g/mol. The number of nitrogens with zero attached hydrogens (tertiary/aromatic N) is 1. The first-order valence-electron chi connectivity index (χ1n) is 4.58. The minimum atomic E-state index is 0.903. The van der Waals surface area contributed by atoms with Crippen LogP contribution in [0, 0.1) is 13.8 Å². The standard InChI is InChI=1S/C11H13NO/c1-4-10-9-5-7(2)8(3)6-11(9)13-12-10/h5-6H,4H2,1-3H3. The third-order valence-electron chi connectivity index (χ3n) is 2.50. The number of hydrogen-bond donors (Lipinski definition) is 0. The fourth-order valence-electron chi connectivity index (χ4n) is 1.50. The number of benzene rings is 1. The minimum Gasteiger partial charge on any atom is -0.356 e. The zero-order valence-corrected chi connectivity index (χ0v) is 8.22. The zero-order valence-electron chi connectivity index (χ0n) is 8.22. The summed E-state index contributed by atoms with van der Waals surface area (Å²) in [6.07, 6.45) is 0.926. The van der Waals surface area contributed by atoms with Gasteiger partial charge in [0.15, 0.2) is 5.58 Å². The maximum atomic E-state index is 5.23. The van der Waals surface area contributed by atoms with Crippen molar-refractivity contribution in [3.05, 3.63) is 29.0 Å². The van der Waals surface area contributed by atoms with Crippen LogP contribution in [0.4, 0.5) is 0 Å². The molecule has 1 heterocycles. The Hall–Kier alpha value is -1.31. The van der Waals surface area contributed by atoms with Gasteiger partial charge >= 0.3 is 0 Å². The van der Waals surface area contributed by atoms with Crippen LogP contribution >= 0.6 is 0 Å². The molecular weight excluding hydrogens is 162 g/mol. The van der Waals surface area contributed by atoms with Crippen LogP contribution in [0.5, 0.6) is 0 Å². The molecule has 2 rings (SSSR count). The van der Waals surface area contributed by atoms with Crippen LogP contribution in [-0.4, -0.2) is 5.16 Å². The number of hydrogen-bond acceptors (Lipinski definition) is 2. The lowest BCUT2D eigenvalue weighted by molar-refractivity contribution is 0.447. The number of aromatic nitrogens is 1. The molecule has 0 saturated heterocycles. The highest BCUT2D eigenvalue weighted by Gasteiger charge is 2.07. The maximum Gasteiger partial charge on any atom is 0.167 e. The summed E-state index contributed by atoms with van der Waals surface area (Å²) >= 11 is 0. The molecule has 0 unspecified atom stereocenters. The van der Waals surface area contributed by atoms with Gasteiger partial charge in [0, 0.05) is 5.39 Å². The summed E-state index contributed by atoms with van der Waals surface area (Å²) in [6.45, 7) is 6.29. The summed E-state index contributed by atoms with van der Waals surface area (Å²) < 4.78 is 5.23. The summed E-state index contributed by atoms with van der Waals surface area (Å²) in [4.78, 5) is 0. The summed E-state index contributed by atoms with van der Waals surface area (Å²) in [5.74, 6) is 0. The number of aryl methyl sites for hydroxylation is 3. The van der Waals surface area contributed by atoms with Crippen molar-refractivity contribution in [3.63, 3.8) is 0 Å². The van der Waals surface area contributed by atoms with E-state index in [2.05, 4.69) is 38.1 Å². The Balaban J connectivity index is 2.77. The molecule has 68 valence electrons. The topological polar surface area (TPSA) is 26.0 Å². The predicted octanol–water partition coefficient (Wildman–Crippen LogP) is 3.01. The van der Waals surface area contributed by atoms with Crippen LogP contribution in [-0.2, 0) is 6.42 Å². The fourth-order valence-corrected chi connectivity index (χ4v) is 1.50. The maximum absolute atomic E-state index is 5.23. The summed E-state index contributed by atoms with van der Waals surface area (Å²) in [5.41, 5.74) is 4.51. The Morgan fingerprint density at radius 1 is 1.23 bits per heavy atom. The first-order valence-corrected chi connectivity index (χ1v) is 4.58. The Bertz CT molecular complexity index is 443. The molecule has 0 amide bonds. The van der Waals surface area contributed by atoms with E-state index in [0.717, 1.165) is 23.1 Å². The van der Waals surface area contributed by atoms with E-state index < -0.39 is 0 Å². The first-order chi connectivity index (χ1) is 6.22. The van der Waals surface area contributed by atoms with Crippen LogP contribution in [0.3, 0.4) is 0 Å². The van der Waals surface area contributed by atoms with E-state index in [1.54, 1.807) is 0 Å².